The van der Waals surface area contributed by atoms with E-state index in [2.05, 4.69) is 15.0 Å². The number of hydrogen-bond donors (Lipinski definition) is 2. The van der Waals surface area contributed by atoms with Gasteiger partial charge in [-0.15, -0.1) is 0 Å². The van der Waals surface area contributed by atoms with E-state index in [0.29, 0.717) is 24.5 Å². The number of carboxylic acid groups (broad SMARTS) is 1. The number of H-pyrrole nitrogens is 1. The van der Waals surface area contributed by atoms with E-state index in [4.69, 9.17) is 11.6 Å². The number of hydrogen-bond acceptors (Lipinski definition) is 4. The smallest absolute Gasteiger partial charge is 0.321 e. The van der Waals surface area contributed by atoms with Crippen LogP contribution in [0.3, 0.4) is 0 Å². The lowest BCUT2D eigenvalue weighted by atomic mass is 10.0. The maximum Gasteiger partial charge on any atom is 0.321 e. The summed E-state index contributed by atoms with van der Waals surface area (Å²) in [5.41, 5.74) is 3.33. The molecular formula is C17H15ClN4O2. The van der Waals surface area contributed by atoms with Gasteiger partial charge in [-0.05, 0) is 12.1 Å². The van der Waals surface area contributed by atoms with Gasteiger partial charge in [-0.2, -0.15) is 0 Å². The molecule has 2 N–H and O–H groups in total. The molecule has 0 unspecified atom stereocenters. The Balaban J connectivity index is 1.66. The van der Waals surface area contributed by atoms with Crippen LogP contribution in [-0.4, -0.2) is 37.0 Å². The number of benzene rings is 1. The number of aromatic amines is 1. The third-order valence-electron chi connectivity index (χ3n) is 4.38. The molecule has 3 aromatic rings. The molecule has 7 heteroatoms. The molecule has 0 bridgehead atoms. The predicted molar refractivity (Wildman–Crippen MR) is 89.7 cm³/mol. The van der Waals surface area contributed by atoms with Gasteiger partial charge in [0.2, 0.25) is 0 Å². The number of aromatic nitrogens is 3. The van der Waals surface area contributed by atoms with Crippen molar-refractivity contribution in [2.45, 2.75) is 25.6 Å². The molecule has 4 rings (SSSR count). The zero-order valence-corrected chi connectivity index (χ0v) is 13.5. The van der Waals surface area contributed by atoms with Crippen LogP contribution in [-0.2, 0) is 24.3 Å². The normalized spacial score (nSPS) is 17.8. The molecule has 0 radical (unpaired) electrons. The molecule has 6 nitrogen and oxygen atoms in total. The number of carbonyl (C=O) groups is 1. The van der Waals surface area contributed by atoms with Crippen LogP contribution < -0.4 is 0 Å². The second kappa shape index (κ2) is 5.89. The van der Waals surface area contributed by atoms with Gasteiger partial charge in [0.25, 0.3) is 0 Å². The molecule has 24 heavy (non-hydrogen) atoms. The number of pyridine rings is 1. The Morgan fingerprint density at radius 1 is 1.38 bits per heavy atom. The van der Waals surface area contributed by atoms with Gasteiger partial charge < -0.3 is 10.1 Å². The second-order valence-corrected chi connectivity index (χ2v) is 6.31. The van der Waals surface area contributed by atoms with Gasteiger partial charge in [0.05, 0.1) is 33.9 Å². The number of halogens is 1. The van der Waals surface area contributed by atoms with Crippen LogP contribution in [0.4, 0.5) is 0 Å². The van der Waals surface area contributed by atoms with Crippen molar-refractivity contribution in [2.24, 2.45) is 0 Å². The summed E-state index contributed by atoms with van der Waals surface area (Å²) in [6, 6.07) is 8.92. The fourth-order valence-electron chi connectivity index (χ4n) is 3.14. The molecule has 0 saturated carbocycles. The second-order valence-electron chi connectivity index (χ2n) is 5.91. The zero-order chi connectivity index (χ0) is 16.7. The molecule has 122 valence electrons. The van der Waals surface area contributed by atoms with Gasteiger partial charge in [-0.25, -0.2) is 9.97 Å². The highest BCUT2D eigenvalue weighted by Crippen LogP contribution is 2.25. The fourth-order valence-corrected chi connectivity index (χ4v) is 3.37. The van der Waals surface area contributed by atoms with Gasteiger partial charge in [0.1, 0.15) is 6.04 Å². The van der Waals surface area contributed by atoms with Crippen LogP contribution in [0.1, 0.15) is 17.1 Å². The van der Waals surface area contributed by atoms with Gasteiger partial charge >= 0.3 is 5.97 Å². The van der Waals surface area contributed by atoms with E-state index in [1.54, 1.807) is 12.4 Å². The first-order valence-corrected chi connectivity index (χ1v) is 8.02. The highest BCUT2D eigenvalue weighted by molar-refractivity contribution is 6.35. The van der Waals surface area contributed by atoms with Gasteiger partial charge in [-0.1, -0.05) is 29.8 Å². The Morgan fingerprint density at radius 3 is 3.08 bits per heavy atom. The predicted octanol–water partition coefficient (Wildman–Crippen LogP) is 2.62. The third kappa shape index (κ3) is 2.64. The number of aliphatic carboxylic acids is 1. The topological polar surface area (TPSA) is 82.1 Å². The van der Waals surface area contributed by atoms with Gasteiger partial charge in [-0.3, -0.25) is 9.69 Å². The number of fused-ring (bicyclic) bond motifs is 2. The van der Waals surface area contributed by atoms with E-state index in [-0.39, 0.29) is 0 Å². The highest BCUT2D eigenvalue weighted by atomic mass is 35.5. The first-order valence-electron chi connectivity index (χ1n) is 7.64. The van der Waals surface area contributed by atoms with E-state index in [1.807, 2.05) is 29.2 Å². The summed E-state index contributed by atoms with van der Waals surface area (Å²) in [6.07, 6.45) is 2.00. The molecule has 1 aliphatic heterocycles. The molecule has 2 aromatic heterocycles. The largest absolute Gasteiger partial charge is 0.480 e. The van der Waals surface area contributed by atoms with Gasteiger partial charge in [0, 0.05) is 24.9 Å². The van der Waals surface area contributed by atoms with Crippen LogP contribution in [0.25, 0.3) is 10.9 Å². The lowest BCUT2D eigenvalue weighted by Crippen LogP contribution is -2.45. The monoisotopic (exact) mass is 342 g/mol. The summed E-state index contributed by atoms with van der Waals surface area (Å²) in [7, 11) is 0. The molecule has 1 atom stereocenters. The Labute approximate surface area is 143 Å². The summed E-state index contributed by atoms with van der Waals surface area (Å²) < 4.78 is 0. The Hall–Kier alpha value is -2.44. The van der Waals surface area contributed by atoms with Crippen molar-refractivity contribution in [3.8, 4) is 0 Å². The first kappa shape index (κ1) is 15.1. The molecule has 0 fully saturated rings. The van der Waals surface area contributed by atoms with Crippen LogP contribution >= 0.6 is 11.6 Å². The van der Waals surface area contributed by atoms with Crippen LogP contribution in [0.5, 0.6) is 0 Å². The average molecular weight is 343 g/mol. The summed E-state index contributed by atoms with van der Waals surface area (Å²) in [6.45, 7) is 0.950. The van der Waals surface area contributed by atoms with E-state index >= 15 is 0 Å². The molecule has 0 spiro atoms. The Morgan fingerprint density at radius 2 is 2.25 bits per heavy atom. The minimum Gasteiger partial charge on any atom is -0.480 e. The molecule has 0 saturated heterocycles. The minimum atomic E-state index is -0.845. The molecule has 0 aliphatic carbocycles. The fraction of sp³-hybridized carbons (Fsp3) is 0.235. The molecule has 1 aromatic carbocycles. The first-order chi connectivity index (χ1) is 11.6. The van der Waals surface area contributed by atoms with Crippen LogP contribution in [0.2, 0.25) is 5.02 Å². The van der Waals surface area contributed by atoms with E-state index in [1.165, 1.54) is 0 Å². The van der Waals surface area contributed by atoms with Crippen molar-refractivity contribution in [1.82, 2.24) is 19.9 Å². The Kier molecular flexibility index (Phi) is 3.70. The molecule has 0 amide bonds. The quantitative estimate of drug-likeness (QED) is 0.764. The maximum atomic E-state index is 11.6. The number of imidazole rings is 1. The number of carboxylic acids is 1. The minimum absolute atomic E-state index is 0.391. The molecular weight excluding hydrogens is 328 g/mol. The summed E-state index contributed by atoms with van der Waals surface area (Å²) in [5, 5.41) is 11.1. The standard InChI is InChI=1S/C17H15ClN4O2/c18-12-3-1-2-10-4-5-11(21-16(10)12)7-22-8-14-13(19-9-20-14)6-15(22)17(23)24/h1-5,9,15H,6-8H2,(H,19,20)(H,23,24)/t15-/m1/s1. The SMILES string of the molecule is O=C(O)[C@H]1Cc2nc[nH]c2CN1Cc1ccc2cccc(Cl)c2n1. The van der Waals surface area contributed by atoms with Crippen LogP contribution in [0, 0.1) is 0 Å². The third-order valence-corrected chi connectivity index (χ3v) is 4.68. The number of para-hydroxylation sites is 1. The van der Waals surface area contributed by atoms with Crippen molar-refractivity contribution < 1.29 is 9.90 Å². The van der Waals surface area contributed by atoms with Crippen molar-refractivity contribution in [2.75, 3.05) is 0 Å². The van der Waals surface area contributed by atoms with Crippen molar-refractivity contribution >= 4 is 28.5 Å². The van der Waals surface area contributed by atoms with E-state index in [0.717, 1.165) is 28.0 Å². The lowest BCUT2D eigenvalue weighted by Gasteiger charge is -2.31. The summed E-state index contributed by atoms with van der Waals surface area (Å²) >= 11 is 6.22. The lowest BCUT2D eigenvalue weighted by molar-refractivity contribution is -0.144. The average Bonchev–Trinajstić information content (AvgIpc) is 3.02. The summed E-state index contributed by atoms with van der Waals surface area (Å²) in [4.78, 5) is 25.4. The maximum absolute atomic E-state index is 11.6. The highest BCUT2D eigenvalue weighted by Gasteiger charge is 2.33. The summed E-state index contributed by atoms with van der Waals surface area (Å²) in [5.74, 6) is -0.845. The molecule has 1 aliphatic rings. The van der Waals surface area contributed by atoms with Crippen molar-refractivity contribution in [3.63, 3.8) is 0 Å². The van der Waals surface area contributed by atoms with Crippen molar-refractivity contribution in [1.29, 1.82) is 0 Å². The van der Waals surface area contributed by atoms with Crippen LogP contribution in [0.15, 0.2) is 36.7 Å². The molecule has 3 heterocycles. The zero-order valence-electron chi connectivity index (χ0n) is 12.7. The van der Waals surface area contributed by atoms with E-state index < -0.39 is 12.0 Å². The van der Waals surface area contributed by atoms with E-state index in [9.17, 15) is 9.90 Å². The Bertz CT molecular complexity index is 924. The van der Waals surface area contributed by atoms with Crippen molar-refractivity contribution in [3.05, 3.63) is 58.8 Å². The number of nitrogens with zero attached hydrogens (tertiary/aromatic N) is 3. The number of rotatable bonds is 3. The van der Waals surface area contributed by atoms with Gasteiger partial charge in [0.15, 0.2) is 0 Å². The number of nitrogens with one attached hydrogen (secondary N) is 1.